The quantitative estimate of drug-likeness (QED) is 0.553. The summed E-state index contributed by atoms with van der Waals surface area (Å²) in [4.78, 5) is 23.7. The zero-order valence-electron chi connectivity index (χ0n) is 14.2. The molecule has 0 saturated heterocycles. The predicted molar refractivity (Wildman–Crippen MR) is 94.4 cm³/mol. The van der Waals surface area contributed by atoms with Crippen molar-refractivity contribution in [1.82, 2.24) is 0 Å². The minimum absolute atomic E-state index is 0.00825. The first-order chi connectivity index (χ1) is 12.3. The number of methoxy groups -OCH3 is 1. The average Bonchev–Trinajstić information content (AvgIpc) is 2.64. The van der Waals surface area contributed by atoms with Gasteiger partial charge in [0.1, 0.15) is 5.75 Å². The van der Waals surface area contributed by atoms with E-state index in [9.17, 15) is 18.0 Å². The molecule has 0 unspecified atom stereocenters. The Hall–Kier alpha value is -2.71. The van der Waals surface area contributed by atoms with Crippen molar-refractivity contribution in [3.8, 4) is 5.75 Å². The third-order valence-electron chi connectivity index (χ3n) is 3.65. The van der Waals surface area contributed by atoms with Crippen molar-refractivity contribution in [2.45, 2.75) is 17.7 Å². The van der Waals surface area contributed by atoms with E-state index in [0.29, 0.717) is 17.7 Å². The van der Waals surface area contributed by atoms with Gasteiger partial charge in [0.15, 0.2) is 12.4 Å². The monoisotopic (exact) mass is 377 g/mol. The Morgan fingerprint density at radius 1 is 1.00 bits per heavy atom. The van der Waals surface area contributed by atoms with E-state index in [1.54, 1.807) is 36.4 Å². The number of hydrogen-bond donors (Lipinski definition) is 1. The molecule has 0 atom stereocenters. The molecule has 2 aromatic carbocycles. The highest BCUT2D eigenvalue weighted by Crippen LogP contribution is 2.13. The van der Waals surface area contributed by atoms with E-state index in [0.717, 1.165) is 5.56 Å². The van der Waals surface area contributed by atoms with Crippen LogP contribution in [-0.4, -0.2) is 33.9 Å². The van der Waals surface area contributed by atoms with Crippen molar-refractivity contribution in [1.29, 1.82) is 0 Å². The molecule has 138 valence electrons. The van der Waals surface area contributed by atoms with E-state index in [1.807, 2.05) is 0 Å². The smallest absolute Gasteiger partial charge is 0.306 e. The van der Waals surface area contributed by atoms with Gasteiger partial charge in [-0.15, -0.1) is 0 Å². The van der Waals surface area contributed by atoms with Gasteiger partial charge in [0.25, 0.3) is 0 Å². The second-order valence-electron chi connectivity index (χ2n) is 5.50. The molecule has 2 N–H and O–H groups in total. The fourth-order valence-electron chi connectivity index (χ4n) is 2.17. The van der Waals surface area contributed by atoms with Crippen LogP contribution in [0.4, 0.5) is 0 Å². The van der Waals surface area contributed by atoms with Crippen LogP contribution in [0.25, 0.3) is 0 Å². The van der Waals surface area contributed by atoms with Gasteiger partial charge in [-0.3, -0.25) is 9.59 Å². The highest BCUT2D eigenvalue weighted by atomic mass is 32.2. The van der Waals surface area contributed by atoms with Gasteiger partial charge in [-0.1, -0.05) is 12.1 Å². The Morgan fingerprint density at radius 2 is 1.62 bits per heavy atom. The number of aryl methyl sites for hydroxylation is 1. The summed E-state index contributed by atoms with van der Waals surface area (Å²) in [6, 6.07) is 12.4. The zero-order valence-corrected chi connectivity index (χ0v) is 15.0. The molecule has 8 heteroatoms. The van der Waals surface area contributed by atoms with E-state index in [4.69, 9.17) is 14.6 Å². The topological polar surface area (TPSA) is 113 Å². The lowest BCUT2D eigenvalue weighted by Crippen LogP contribution is -2.14. The molecule has 0 amide bonds. The minimum Gasteiger partial charge on any atom is -0.497 e. The van der Waals surface area contributed by atoms with Crippen LogP contribution in [0.15, 0.2) is 53.4 Å². The number of ketones is 1. The maximum Gasteiger partial charge on any atom is 0.306 e. The lowest BCUT2D eigenvalue weighted by molar-refractivity contribution is -0.142. The molecule has 2 rings (SSSR count). The van der Waals surface area contributed by atoms with Gasteiger partial charge in [0.2, 0.25) is 10.0 Å². The maximum atomic E-state index is 12.0. The second kappa shape index (κ2) is 8.59. The summed E-state index contributed by atoms with van der Waals surface area (Å²) in [5, 5.41) is 5.02. The summed E-state index contributed by atoms with van der Waals surface area (Å²) in [5.74, 6) is -0.187. The Kier molecular flexibility index (Phi) is 6.48. The van der Waals surface area contributed by atoms with Crippen LogP contribution in [0.2, 0.25) is 0 Å². The number of carbonyl (C=O) groups excluding carboxylic acids is 2. The van der Waals surface area contributed by atoms with E-state index in [-0.39, 0.29) is 23.7 Å². The number of primary sulfonamides is 1. The van der Waals surface area contributed by atoms with Crippen molar-refractivity contribution >= 4 is 21.8 Å². The van der Waals surface area contributed by atoms with Gasteiger partial charge >= 0.3 is 5.97 Å². The molecule has 0 aliphatic rings. The van der Waals surface area contributed by atoms with Crippen molar-refractivity contribution < 1.29 is 27.5 Å². The van der Waals surface area contributed by atoms with Crippen molar-refractivity contribution in [3.05, 3.63) is 59.7 Å². The predicted octanol–water partition coefficient (Wildman–Crippen LogP) is 1.70. The average molecular weight is 377 g/mol. The van der Waals surface area contributed by atoms with E-state index >= 15 is 0 Å². The summed E-state index contributed by atoms with van der Waals surface area (Å²) in [5.41, 5.74) is 1.19. The highest BCUT2D eigenvalue weighted by molar-refractivity contribution is 7.89. The van der Waals surface area contributed by atoms with Gasteiger partial charge < -0.3 is 9.47 Å². The van der Waals surface area contributed by atoms with Gasteiger partial charge in [-0.05, 0) is 48.4 Å². The summed E-state index contributed by atoms with van der Waals surface area (Å²) in [6.45, 7) is -0.338. The molecular weight excluding hydrogens is 358 g/mol. The van der Waals surface area contributed by atoms with Crippen LogP contribution in [0.5, 0.6) is 5.75 Å². The van der Waals surface area contributed by atoms with Gasteiger partial charge in [0, 0.05) is 12.0 Å². The molecule has 0 aliphatic carbocycles. The lowest BCUT2D eigenvalue weighted by Gasteiger charge is -2.06. The molecule has 7 nitrogen and oxygen atoms in total. The third kappa shape index (κ3) is 5.68. The molecule has 0 saturated carbocycles. The molecule has 0 spiro atoms. The van der Waals surface area contributed by atoms with Crippen LogP contribution in [0.1, 0.15) is 22.3 Å². The van der Waals surface area contributed by atoms with Crippen LogP contribution < -0.4 is 9.88 Å². The van der Waals surface area contributed by atoms with Crippen molar-refractivity contribution in [2.24, 2.45) is 5.14 Å². The van der Waals surface area contributed by atoms with Crippen molar-refractivity contribution in [3.63, 3.8) is 0 Å². The summed E-state index contributed by atoms with van der Waals surface area (Å²) in [7, 11) is -2.21. The van der Waals surface area contributed by atoms with Gasteiger partial charge in [-0.25, -0.2) is 13.6 Å². The van der Waals surface area contributed by atoms with E-state index < -0.39 is 16.0 Å². The highest BCUT2D eigenvalue weighted by Gasteiger charge is 2.11. The fourth-order valence-corrected chi connectivity index (χ4v) is 2.69. The maximum absolute atomic E-state index is 12.0. The second-order valence-corrected chi connectivity index (χ2v) is 7.06. The molecule has 0 bridgehead atoms. The minimum atomic E-state index is -3.74. The number of nitrogens with two attached hydrogens (primary N) is 1. The summed E-state index contributed by atoms with van der Waals surface area (Å²) < 4.78 is 32.3. The number of benzene rings is 2. The van der Waals surface area contributed by atoms with Gasteiger partial charge in [0.05, 0.1) is 12.0 Å². The standard InChI is InChI=1S/C18H19NO6S/c1-24-15-7-5-14(6-8-15)17(20)12-25-18(21)11-4-13-2-9-16(10-3-13)26(19,22)23/h2-3,5-10H,4,11-12H2,1H3,(H2,19,22,23). The fraction of sp³-hybridized carbons (Fsp3) is 0.222. The third-order valence-corrected chi connectivity index (χ3v) is 4.58. The van der Waals surface area contributed by atoms with E-state index in [2.05, 4.69) is 0 Å². The zero-order chi connectivity index (χ0) is 19.2. The number of ether oxygens (including phenoxy) is 2. The number of rotatable bonds is 8. The Bertz CT molecular complexity index is 873. The molecule has 0 aromatic heterocycles. The van der Waals surface area contributed by atoms with Gasteiger partial charge in [-0.2, -0.15) is 0 Å². The molecular formula is C18H19NO6S. The van der Waals surface area contributed by atoms with Crippen molar-refractivity contribution in [2.75, 3.05) is 13.7 Å². The molecule has 0 radical (unpaired) electrons. The SMILES string of the molecule is COc1ccc(C(=O)COC(=O)CCc2ccc(S(N)(=O)=O)cc2)cc1. The normalized spacial score (nSPS) is 11.0. The van der Waals surface area contributed by atoms with Crippen LogP contribution in [0.3, 0.4) is 0 Å². The molecule has 0 heterocycles. The first-order valence-corrected chi connectivity index (χ1v) is 9.29. The van der Waals surface area contributed by atoms with Crippen LogP contribution in [0, 0.1) is 0 Å². The molecule has 2 aromatic rings. The van der Waals surface area contributed by atoms with Crippen LogP contribution >= 0.6 is 0 Å². The Balaban J connectivity index is 1.80. The first-order valence-electron chi connectivity index (χ1n) is 7.74. The van der Waals surface area contributed by atoms with Crippen LogP contribution in [-0.2, 0) is 26.0 Å². The molecule has 0 aliphatic heterocycles. The first kappa shape index (κ1) is 19.6. The molecule has 0 fully saturated rings. The van der Waals surface area contributed by atoms with E-state index in [1.165, 1.54) is 19.2 Å². The number of esters is 1. The number of sulfonamides is 1. The largest absolute Gasteiger partial charge is 0.497 e. The molecule has 26 heavy (non-hydrogen) atoms. The number of Topliss-reactive ketones (excluding diaryl/α,β-unsaturated/α-hetero) is 1. The lowest BCUT2D eigenvalue weighted by atomic mass is 10.1. The summed E-state index contributed by atoms with van der Waals surface area (Å²) >= 11 is 0. The summed E-state index contributed by atoms with van der Waals surface area (Å²) in [6.07, 6.45) is 0.436. The Labute approximate surface area is 151 Å². The Morgan fingerprint density at radius 3 is 2.15 bits per heavy atom. The number of hydrogen-bond acceptors (Lipinski definition) is 6. The number of carbonyl (C=O) groups is 2.